The van der Waals surface area contributed by atoms with Gasteiger partial charge < -0.3 is 14.4 Å². The van der Waals surface area contributed by atoms with Crippen molar-refractivity contribution in [1.82, 2.24) is 4.90 Å². The Bertz CT molecular complexity index is 548. The van der Waals surface area contributed by atoms with Gasteiger partial charge in [-0.15, -0.1) is 0 Å². The highest BCUT2D eigenvalue weighted by Gasteiger charge is 2.29. The van der Waals surface area contributed by atoms with Crippen molar-refractivity contribution in [2.24, 2.45) is 5.92 Å². The summed E-state index contributed by atoms with van der Waals surface area (Å²) in [5.41, 5.74) is 1.67. The first-order valence-electron chi connectivity index (χ1n) is 8.73. The number of ether oxygens (including phenoxy) is 2. The molecule has 0 bridgehead atoms. The molecule has 1 atom stereocenters. The zero-order valence-corrected chi connectivity index (χ0v) is 14.2. The first kappa shape index (κ1) is 16.3. The number of aryl methyl sites for hydroxylation is 1. The number of amides is 1. The van der Waals surface area contributed by atoms with Crippen LogP contribution >= 0.6 is 0 Å². The summed E-state index contributed by atoms with van der Waals surface area (Å²) in [7, 11) is 1.63. The second-order valence-electron chi connectivity index (χ2n) is 6.79. The fourth-order valence-corrected chi connectivity index (χ4v) is 3.50. The lowest BCUT2D eigenvalue weighted by Gasteiger charge is -2.34. The highest BCUT2D eigenvalue weighted by atomic mass is 16.5. The third-order valence-corrected chi connectivity index (χ3v) is 5.11. The molecule has 2 fully saturated rings. The molecule has 1 amide bonds. The Balaban J connectivity index is 1.80. The topological polar surface area (TPSA) is 38.8 Å². The van der Waals surface area contributed by atoms with Gasteiger partial charge in [-0.1, -0.05) is 18.6 Å². The lowest BCUT2D eigenvalue weighted by molar-refractivity contribution is 0.0445. The van der Waals surface area contributed by atoms with Crippen molar-refractivity contribution in [2.75, 3.05) is 26.8 Å². The van der Waals surface area contributed by atoms with Crippen molar-refractivity contribution in [1.29, 1.82) is 0 Å². The standard InChI is InChI=1S/C19H27NO3/c1-14-6-3-10-17(22-2)18(14)19(21)20(12-15-7-4-8-15)13-16-9-5-11-23-16/h3,6,10,15-16H,4-5,7-9,11-13H2,1-2H3. The Kier molecular flexibility index (Phi) is 5.21. The average molecular weight is 317 g/mol. The summed E-state index contributed by atoms with van der Waals surface area (Å²) >= 11 is 0. The van der Waals surface area contributed by atoms with Gasteiger partial charge in [-0.2, -0.15) is 0 Å². The van der Waals surface area contributed by atoms with Crippen LogP contribution in [0.25, 0.3) is 0 Å². The molecule has 3 rings (SSSR count). The van der Waals surface area contributed by atoms with E-state index in [1.54, 1.807) is 7.11 Å². The number of benzene rings is 1. The molecule has 0 N–H and O–H groups in total. The van der Waals surface area contributed by atoms with Gasteiger partial charge in [-0.25, -0.2) is 0 Å². The molecule has 2 aliphatic rings. The van der Waals surface area contributed by atoms with Gasteiger partial charge in [0, 0.05) is 19.7 Å². The molecular weight excluding hydrogens is 290 g/mol. The molecule has 1 aliphatic carbocycles. The van der Waals surface area contributed by atoms with Crippen LogP contribution in [0.2, 0.25) is 0 Å². The number of carbonyl (C=O) groups is 1. The van der Waals surface area contributed by atoms with E-state index >= 15 is 0 Å². The van der Waals surface area contributed by atoms with Crippen molar-refractivity contribution in [3.63, 3.8) is 0 Å². The first-order chi connectivity index (χ1) is 11.2. The Labute approximate surface area is 138 Å². The Morgan fingerprint density at radius 3 is 2.70 bits per heavy atom. The van der Waals surface area contributed by atoms with E-state index in [1.807, 2.05) is 30.0 Å². The summed E-state index contributed by atoms with van der Waals surface area (Å²) in [5, 5.41) is 0. The second-order valence-corrected chi connectivity index (χ2v) is 6.79. The van der Waals surface area contributed by atoms with Gasteiger partial charge >= 0.3 is 0 Å². The van der Waals surface area contributed by atoms with E-state index in [0.717, 1.165) is 31.6 Å². The molecule has 4 heteroatoms. The van der Waals surface area contributed by atoms with E-state index < -0.39 is 0 Å². The van der Waals surface area contributed by atoms with Gasteiger partial charge in [0.15, 0.2) is 0 Å². The summed E-state index contributed by atoms with van der Waals surface area (Å²) < 4.78 is 11.2. The molecule has 1 aromatic rings. The first-order valence-corrected chi connectivity index (χ1v) is 8.73. The number of methoxy groups -OCH3 is 1. The highest BCUT2D eigenvalue weighted by molar-refractivity contribution is 5.98. The maximum atomic E-state index is 13.2. The molecule has 0 aromatic heterocycles. The third kappa shape index (κ3) is 3.69. The predicted octanol–water partition coefficient (Wildman–Crippen LogP) is 3.42. The number of hydrogen-bond donors (Lipinski definition) is 0. The minimum atomic E-state index is 0.0855. The van der Waals surface area contributed by atoms with E-state index in [9.17, 15) is 4.79 Å². The van der Waals surface area contributed by atoms with Crippen LogP contribution in [0.15, 0.2) is 18.2 Å². The van der Waals surface area contributed by atoms with Crippen molar-refractivity contribution < 1.29 is 14.3 Å². The molecular formula is C19H27NO3. The molecule has 126 valence electrons. The molecule has 1 heterocycles. The van der Waals surface area contributed by atoms with E-state index in [1.165, 1.54) is 19.3 Å². The van der Waals surface area contributed by atoms with Crippen LogP contribution in [0, 0.1) is 12.8 Å². The molecule has 1 aliphatic heterocycles. The van der Waals surface area contributed by atoms with Crippen LogP contribution in [0.3, 0.4) is 0 Å². The van der Waals surface area contributed by atoms with Gasteiger partial charge in [-0.05, 0) is 50.2 Å². The van der Waals surface area contributed by atoms with Gasteiger partial charge in [0.05, 0.1) is 18.8 Å². The summed E-state index contributed by atoms with van der Waals surface area (Å²) in [5.74, 6) is 1.40. The van der Waals surface area contributed by atoms with Gasteiger partial charge in [0.2, 0.25) is 0 Å². The van der Waals surface area contributed by atoms with Gasteiger partial charge in [0.25, 0.3) is 5.91 Å². The van der Waals surface area contributed by atoms with E-state index in [0.29, 0.717) is 23.8 Å². The van der Waals surface area contributed by atoms with Crippen LogP contribution in [0.1, 0.15) is 48.0 Å². The van der Waals surface area contributed by atoms with Crippen LogP contribution < -0.4 is 4.74 Å². The SMILES string of the molecule is COc1cccc(C)c1C(=O)N(CC1CCC1)CC1CCCO1. The number of nitrogens with zero attached hydrogens (tertiary/aromatic N) is 1. The largest absolute Gasteiger partial charge is 0.496 e. The van der Waals surface area contributed by atoms with Crippen LogP contribution in [-0.4, -0.2) is 43.7 Å². The van der Waals surface area contributed by atoms with Crippen molar-refractivity contribution in [3.05, 3.63) is 29.3 Å². The Hall–Kier alpha value is -1.55. The zero-order valence-electron chi connectivity index (χ0n) is 14.2. The molecule has 1 unspecified atom stereocenters. The minimum absolute atomic E-state index is 0.0855. The molecule has 0 spiro atoms. The highest BCUT2D eigenvalue weighted by Crippen LogP contribution is 2.30. The monoisotopic (exact) mass is 317 g/mol. The van der Waals surface area contributed by atoms with E-state index in [2.05, 4.69) is 0 Å². The lowest BCUT2D eigenvalue weighted by atomic mass is 9.85. The van der Waals surface area contributed by atoms with Gasteiger partial charge in [-0.3, -0.25) is 4.79 Å². The third-order valence-electron chi connectivity index (χ3n) is 5.11. The lowest BCUT2D eigenvalue weighted by Crippen LogP contribution is -2.42. The van der Waals surface area contributed by atoms with E-state index in [4.69, 9.17) is 9.47 Å². The fourth-order valence-electron chi connectivity index (χ4n) is 3.50. The Morgan fingerprint density at radius 1 is 1.26 bits per heavy atom. The van der Waals surface area contributed by atoms with Crippen molar-refractivity contribution in [3.8, 4) is 5.75 Å². The number of hydrogen-bond acceptors (Lipinski definition) is 3. The Morgan fingerprint density at radius 2 is 2.09 bits per heavy atom. The minimum Gasteiger partial charge on any atom is -0.496 e. The summed E-state index contributed by atoms with van der Waals surface area (Å²) in [6.07, 6.45) is 6.11. The maximum absolute atomic E-state index is 13.2. The normalized spacial score (nSPS) is 21.0. The van der Waals surface area contributed by atoms with Crippen LogP contribution in [0.4, 0.5) is 0 Å². The van der Waals surface area contributed by atoms with Gasteiger partial charge in [0.1, 0.15) is 5.75 Å². The van der Waals surface area contributed by atoms with Crippen LogP contribution in [0.5, 0.6) is 5.75 Å². The molecule has 0 radical (unpaired) electrons. The predicted molar refractivity (Wildman–Crippen MR) is 89.9 cm³/mol. The summed E-state index contributed by atoms with van der Waals surface area (Å²) in [4.78, 5) is 15.2. The number of carbonyl (C=O) groups excluding carboxylic acids is 1. The molecule has 1 saturated heterocycles. The molecule has 1 aromatic carbocycles. The quantitative estimate of drug-likeness (QED) is 0.807. The molecule has 4 nitrogen and oxygen atoms in total. The zero-order chi connectivity index (χ0) is 16.2. The van der Waals surface area contributed by atoms with Crippen LogP contribution in [-0.2, 0) is 4.74 Å². The summed E-state index contributed by atoms with van der Waals surface area (Å²) in [6.45, 7) is 4.34. The summed E-state index contributed by atoms with van der Waals surface area (Å²) in [6, 6.07) is 5.78. The smallest absolute Gasteiger partial charge is 0.257 e. The van der Waals surface area contributed by atoms with Crippen molar-refractivity contribution in [2.45, 2.75) is 45.1 Å². The fraction of sp³-hybridized carbons (Fsp3) is 0.632. The maximum Gasteiger partial charge on any atom is 0.257 e. The molecule has 1 saturated carbocycles. The average Bonchev–Trinajstić information content (AvgIpc) is 3.01. The van der Waals surface area contributed by atoms with Crippen molar-refractivity contribution >= 4 is 5.91 Å². The van der Waals surface area contributed by atoms with E-state index in [-0.39, 0.29) is 12.0 Å². The number of rotatable bonds is 6. The molecule has 23 heavy (non-hydrogen) atoms. The second kappa shape index (κ2) is 7.35.